The van der Waals surface area contributed by atoms with Crippen molar-refractivity contribution in [2.24, 2.45) is 10.9 Å². The van der Waals surface area contributed by atoms with Crippen LogP contribution in [0.15, 0.2) is 4.99 Å². The normalized spacial score (nSPS) is 24.8. The van der Waals surface area contributed by atoms with Crippen LogP contribution in [-0.2, 0) is 14.2 Å². The Labute approximate surface area is 174 Å². The van der Waals surface area contributed by atoms with E-state index in [2.05, 4.69) is 10.6 Å². The number of carbonyl (C=O) groups is 2. The van der Waals surface area contributed by atoms with Crippen molar-refractivity contribution in [3.05, 3.63) is 0 Å². The Balaban J connectivity index is 1.63. The molecule has 166 valence electrons. The van der Waals surface area contributed by atoms with E-state index in [0.29, 0.717) is 19.1 Å². The number of nitrogens with zero attached hydrogens (tertiary/aromatic N) is 1. The fraction of sp³-hybridized carbons (Fsp3) is 0.857. The molecule has 8 nitrogen and oxygen atoms in total. The van der Waals surface area contributed by atoms with Gasteiger partial charge in [0.05, 0.1) is 12.7 Å². The molecule has 1 aliphatic heterocycles. The van der Waals surface area contributed by atoms with Crippen molar-refractivity contribution in [3.63, 3.8) is 0 Å². The van der Waals surface area contributed by atoms with E-state index in [1.165, 1.54) is 5.71 Å². The molecule has 1 heterocycles. The van der Waals surface area contributed by atoms with Crippen LogP contribution in [0, 0.1) is 5.92 Å². The number of ether oxygens (including phenoxy) is 3. The zero-order valence-electron chi connectivity index (χ0n) is 18.5. The molecule has 29 heavy (non-hydrogen) atoms. The highest BCUT2D eigenvalue weighted by Gasteiger charge is 2.29. The van der Waals surface area contributed by atoms with Gasteiger partial charge in [-0.3, -0.25) is 4.99 Å². The summed E-state index contributed by atoms with van der Waals surface area (Å²) in [6, 6.07) is 0.186. The van der Waals surface area contributed by atoms with E-state index in [1.54, 1.807) is 0 Å². The number of hydrogen-bond acceptors (Lipinski definition) is 6. The fourth-order valence-electron chi connectivity index (χ4n) is 3.66. The molecule has 0 aromatic heterocycles. The molecular weight excluding hydrogens is 374 g/mol. The van der Waals surface area contributed by atoms with Crippen molar-refractivity contribution in [1.29, 1.82) is 0 Å². The van der Waals surface area contributed by atoms with Crippen LogP contribution >= 0.6 is 0 Å². The van der Waals surface area contributed by atoms with Gasteiger partial charge >= 0.3 is 12.2 Å². The molecule has 2 N–H and O–H groups in total. The summed E-state index contributed by atoms with van der Waals surface area (Å²) < 4.78 is 16.1. The first-order valence-electron chi connectivity index (χ1n) is 10.7. The van der Waals surface area contributed by atoms with Crippen LogP contribution < -0.4 is 10.6 Å². The Hall–Kier alpha value is -1.83. The molecule has 0 bridgehead atoms. The molecule has 2 rings (SSSR count). The number of rotatable bonds is 7. The Kier molecular flexibility index (Phi) is 8.74. The van der Waals surface area contributed by atoms with Crippen molar-refractivity contribution >= 4 is 17.9 Å². The number of amides is 2. The molecule has 0 aromatic rings. The van der Waals surface area contributed by atoms with Crippen molar-refractivity contribution in [3.8, 4) is 0 Å². The lowest BCUT2D eigenvalue weighted by Crippen LogP contribution is -2.39. The van der Waals surface area contributed by atoms with Gasteiger partial charge in [-0.05, 0) is 79.1 Å². The van der Waals surface area contributed by atoms with Gasteiger partial charge in [0.2, 0.25) is 0 Å². The fourth-order valence-corrected chi connectivity index (χ4v) is 3.66. The van der Waals surface area contributed by atoms with Crippen LogP contribution in [0.2, 0.25) is 0 Å². The summed E-state index contributed by atoms with van der Waals surface area (Å²) in [7, 11) is 0. The minimum Gasteiger partial charge on any atom is -0.447 e. The number of hydrogen-bond donors (Lipinski definition) is 2. The van der Waals surface area contributed by atoms with Crippen molar-refractivity contribution in [2.45, 2.75) is 97.1 Å². The van der Waals surface area contributed by atoms with Gasteiger partial charge in [-0.15, -0.1) is 0 Å². The van der Waals surface area contributed by atoms with Gasteiger partial charge in [0, 0.05) is 18.3 Å². The lowest BCUT2D eigenvalue weighted by atomic mass is 9.82. The van der Waals surface area contributed by atoms with E-state index >= 15 is 0 Å². The second kappa shape index (κ2) is 10.8. The molecule has 1 aliphatic carbocycles. The Morgan fingerprint density at radius 1 is 1.10 bits per heavy atom. The summed E-state index contributed by atoms with van der Waals surface area (Å²) in [4.78, 5) is 28.1. The second-order valence-electron chi connectivity index (χ2n) is 9.06. The van der Waals surface area contributed by atoms with E-state index in [1.807, 2.05) is 34.6 Å². The maximum Gasteiger partial charge on any atom is 0.407 e. The van der Waals surface area contributed by atoms with E-state index in [-0.39, 0.29) is 24.5 Å². The van der Waals surface area contributed by atoms with Crippen molar-refractivity contribution in [1.82, 2.24) is 10.6 Å². The van der Waals surface area contributed by atoms with Crippen LogP contribution in [-0.4, -0.2) is 55.0 Å². The van der Waals surface area contributed by atoms with E-state index in [9.17, 15) is 9.59 Å². The smallest absolute Gasteiger partial charge is 0.407 e. The van der Waals surface area contributed by atoms with Crippen LogP contribution in [0.1, 0.15) is 73.1 Å². The molecule has 0 radical (unpaired) electrons. The number of alkyl carbamates (subject to hydrolysis) is 2. The Morgan fingerprint density at radius 2 is 1.79 bits per heavy atom. The third kappa shape index (κ3) is 9.02. The molecule has 0 saturated heterocycles. The van der Waals surface area contributed by atoms with Gasteiger partial charge in [0.25, 0.3) is 0 Å². The van der Waals surface area contributed by atoms with Crippen molar-refractivity contribution in [2.75, 3.05) is 13.2 Å². The Morgan fingerprint density at radius 3 is 2.41 bits per heavy atom. The third-order valence-corrected chi connectivity index (χ3v) is 4.90. The highest BCUT2D eigenvalue weighted by atomic mass is 16.6. The maximum absolute atomic E-state index is 11.7. The monoisotopic (exact) mass is 411 g/mol. The lowest BCUT2D eigenvalue weighted by molar-refractivity contribution is 0.0419. The zero-order chi connectivity index (χ0) is 21.4. The average Bonchev–Trinajstić information content (AvgIpc) is 3.06. The molecule has 1 atom stereocenters. The van der Waals surface area contributed by atoms with Gasteiger partial charge in [-0.2, -0.15) is 0 Å². The molecule has 2 amide bonds. The standard InChI is InChI=1S/C21H37N3O5/c1-14(2)28-20(26)23-16-8-6-15(7-9-16)17-10-11-18(24-17)27-13-12-22-19(25)29-21(3,4)5/h14-16,18H,6-13H2,1-5H3,(H,22,25)(H,23,26). The first kappa shape index (κ1) is 23.4. The number of carbonyl (C=O) groups excluding carboxylic acids is 2. The van der Waals surface area contributed by atoms with Gasteiger partial charge < -0.3 is 24.8 Å². The maximum atomic E-state index is 11.7. The minimum atomic E-state index is -0.501. The summed E-state index contributed by atoms with van der Waals surface area (Å²) >= 11 is 0. The molecular formula is C21H37N3O5. The highest BCUT2D eigenvalue weighted by molar-refractivity contribution is 5.88. The second-order valence-corrected chi connectivity index (χ2v) is 9.06. The molecule has 0 aromatic carbocycles. The Bertz CT molecular complexity index is 577. The molecule has 1 saturated carbocycles. The molecule has 0 spiro atoms. The van der Waals surface area contributed by atoms with E-state index < -0.39 is 11.7 Å². The highest BCUT2D eigenvalue weighted by Crippen LogP contribution is 2.30. The largest absolute Gasteiger partial charge is 0.447 e. The summed E-state index contributed by atoms with van der Waals surface area (Å²) in [5.74, 6) is 0.475. The molecule has 2 aliphatic rings. The summed E-state index contributed by atoms with van der Waals surface area (Å²) in [5, 5.41) is 5.65. The van der Waals surface area contributed by atoms with Crippen molar-refractivity contribution < 1.29 is 23.8 Å². The SMILES string of the molecule is CC(C)OC(=O)NC1CCC(C2=NC(OCCNC(=O)OC(C)(C)C)CC2)CC1. The van der Waals surface area contributed by atoms with Crippen LogP contribution in [0.5, 0.6) is 0 Å². The van der Waals surface area contributed by atoms with Crippen LogP contribution in [0.3, 0.4) is 0 Å². The molecule has 1 unspecified atom stereocenters. The van der Waals surface area contributed by atoms with Crippen LogP contribution in [0.4, 0.5) is 9.59 Å². The average molecular weight is 412 g/mol. The quantitative estimate of drug-likeness (QED) is 0.621. The van der Waals surface area contributed by atoms with Crippen LogP contribution in [0.25, 0.3) is 0 Å². The van der Waals surface area contributed by atoms with Gasteiger partial charge in [0.15, 0.2) is 0 Å². The predicted octanol–water partition coefficient (Wildman–Crippen LogP) is 3.78. The molecule has 1 fully saturated rings. The lowest BCUT2D eigenvalue weighted by Gasteiger charge is -2.29. The zero-order valence-corrected chi connectivity index (χ0v) is 18.5. The number of aliphatic imine (C=N–C) groups is 1. The third-order valence-electron chi connectivity index (χ3n) is 4.90. The van der Waals surface area contributed by atoms with E-state index in [0.717, 1.165) is 38.5 Å². The van der Waals surface area contributed by atoms with Gasteiger partial charge in [-0.25, -0.2) is 9.59 Å². The van der Waals surface area contributed by atoms with Gasteiger partial charge in [-0.1, -0.05) is 0 Å². The van der Waals surface area contributed by atoms with E-state index in [4.69, 9.17) is 19.2 Å². The first-order valence-corrected chi connectivity index (χ1v) is 10.7. The van der Waals surface area contributed by atoms with Gasteiger partial charge in [0.1, 0.15) is 11.8 Å². The predicted molar refractivity (Wildman–Crippen MR) is 111 cm³/mol. The summed E-state index contributed by atoms with van der Waals surface area (Å²) in [6.07, 6.45) is 4.82. The number of nitrogens with one attached hydrogen (secondary N) is 2. The molecule has 8 heteroatoms. The first-order chi connectivity index (χ1) is 13.6. The minimum absolute atomic E-state index is 0.101. The summed E-state index contributed by atoms with van der Waals surface area (Å²) in [6.45, 7) is 10.0. The topological polar surface area (TPSA) is 98.3 Å². The summed E-state index contributed by atoms with van der Waals surface area (Å²) in [5.41, 5.74) is 0.733.